The van der Waals surface area contributed by atoms with Crippen LogP contribution in [-0.4, -0.2) is 38.3 Å². The van der Waals surface area contributed by atoms with Crippen molar-refractivity contribution in [1.29, 1.82) is 0 Å². The van der Waals surface area contributed by atoms with Crippen LogP contribution in [0.4, 0.5) is 16.2 Å². The van der Waals surface area contributed by atoms with Gasteiger partial charge in [0.2, 0.25) is 5.88 Å². The minimum atomic E-state index is -0.403. The number of methoxy groups -OCH3 is 1. The van der Waals surface area contributed by atoms with E-state index >= 15 is 0 Å². The first-order valence-corrected chi connectivity index (χ1v) is 9.32. The predicted molar refractivity (Wildman–Crippen MR) is 114 cm³/mol. The molecule has 0 atom stereocenters. The number of urea groups is 1. The first-order valence-electron chi connectivity index (χ1n) is 9.32. The van der Waals surface area contributed by atoms with E-state index in [1.54, 1.807) is 59.5 Å². The molecule has 156 valence electrons. The van der Waals surface area contributed by atoms with Gasteiger partial charge in [-0.3, -0.25) is 0 Å². The molecule has 0 aliphatic heterocycles. The third-order valence-corrected chi connectivity index (χ3v) is 4.22. The Bertz CT molecular complexity index is 1160. The Morgan fingerprint density at radius 2 is 1.71 bits per heavy atom. The van der Waals surface area contributed by atoms with Gasteiger partial charge in [0.25, 0.3) is 0 Å². The van der Waals surface area contributed by atoms with Crippen molar-refractivity contribution in [3.8, 4) is 23.1 Å². The number of amides is 2. The van der Waals surface area contributed by atoms with Gasteiger partial charge in [0.05, 0.1) is 30.9 Å². The first kappa shape index (κ1) is 19.8. The summed E-state index contributed by atoms with van der Waals surface area (Å²) in [6.45, 7) is 1.84. The Labute approximate surface area is 177 Å². The van der Waals surface area contributed by atoms with Crippen LogP contribution in [0.25, 0.3) is 5.69 Å². The van der Waals surface area contributed by atoms with E-state index in [2.05, 4.69) is 31.1 Å². The fourth-order valence-corrected chi connectivity index (χ4v) is 2.72. The van der Waals surface area contributed by atoms with Gasteiger partial charge in [-0.1, -0.05) is 5.21 Å². The standard InChI is InChI=1S/C21H19N7O3/c1-14-3-10-20(26-25-14)31-19-13-16(6-9-18(19)30-2)24-21(29)23-15-4-7-17(8-5-15)28-12-11-22-27-28/h3-13H,1-2H3,(H2,23,24,29). The Morgan fingerprint density at radius 3 is 2.39 bits per heavy atom. The normalized spacial score (nSPS) is 10.4. The molecule has 31 heavy (non-hydrogen) atoms. The number of rotatable bonds is 6. The highest BCUT2D eigenvalue weighted by atomic mass is 16.5. The van der Waals surface area contributed by atoms with Crippen molar-refractivity contribution in [1.82, 2.24) is 25.2 Å². The monoisotopic (exact) mass is 417 g/mol. The van der Waals surface area contributed by atoms with Crippen molar-refractivity contribution in [2.24, 2.45) is 0 Å². The molecule has 0 saturated heterocycles. The molecule has 2 heterocycles. The summed E-state index contributed by atoms with van der Waals surface area (Å²) in [5.41, 5.74) is 2.76. The molecule has 2 aromatic heterocycles. The summed E-state index contributed by atoms with van der Waals surface area (Å²) in [6, 6.07) is 15.3. The molecule has 0 spiro atoms. The molecule has 10 heteroatoms. The Morgan fingerprint density at radius 1 is 0.935 bits per heavy atom. The van der Waals surface area contributed by atoms with E-state index in [4.69, 9.17) is 9.47 Å². The summed E-state index contributed by atoms with van der Waals surface area (Å²) in [5, 5.41) is 21.2. The number of anilines is 2. The molecule has 0 unspecified atom stereocenters. The molecule has 4 rings (SSSR count). The number of hydrogen-bond acceptors (Lipinski definition) is 7. The number of aromatic nitrogens is 5. The van der Waals surface area contributed by atoms with Gasteiger partial charge in [-0.15, -0.1) is 10.2 Å². The zero-order valence-corrected chi connectivity index (χ0v) is 16.8. The van der Waals surface area contributed by atoms with Gasteiger partial charge in [-0.05, 0) is 49.4 Å². The van der Waals surface area contributed by atoms with Crippen LogP contribution in [-0.2, 0) is 0 Å². The van der Waals surface area contributed by atoms with Crippen molar-refractivity contribution < 1.29 is 14.3 Å². The molecule has 10 nitrogen and oxygen atoms in total. The number of carbonyl (C=O) groups is 1. The molecular weight excluding hydrogens is 398 g/mol. The average Bonchev–Trinajstić information content (AvgIpc) is 3.31. The van der Waals surface area contributed by atoms with Crippen LogP contribution in [0.3, 0.4) is 0 Å². The van der Waals surface area contributed by atoms with Gasteiger partial charge >= 0.3 is 6.03 Å². The van der Waals surface area contributed by atoms with Gasteiger partial charge in [-0.25, -0.2) is 9.48 Å². The van der Waals surface area contributed by atoms with Crippen LogP contribution in [0.15, 0.2) is 67.0 Å². The molecule has 0 radical (unpaired) electrons. The van der Waals surface area contributed by atoms with Crippen molar-refractivity contribution >= 4 is 17.4 Å². The number of benzene rings is 2. The molecular formula is C21H19N7O3. The summed E-state index contributed by atoms with van der Waals surface area (Å²) in [6.07, 6.45) is 3.33. The molecule has 2 amide bonds. The lowest BCUT2D eigenvalue weighted by atomic mass is 10.2. The minimum Gasteiger partial charge on any atom is -0.493 e. The quantitative estimate of drug-likeness (QED) is 0.490. The van der Waals surface area contributed by atoms with Gasteiger partial charge < -0.3 is 20.1 Å². The number of aryl methyl sites for hydroxylation is 1. The van der Waals surface area contributed by atoms with E-state index < -0.39 is 6.03 Å². The number of nitrogens with one attached hydrogen (secondary N) is 2. The maximum absolute atomic E-state index is 12.4. The van der Waals surface area contributed by atoms with Crippen molar-refractivity contribution in [2.45, 2.75) is 6.92 Å². The van der Waals surface area contributed by atoms with Crippen LogP contribution in [0.1, 0.15) is 5.69 Å². The average molecular weight is 417 g/mol. The van der Waals surface area contributed by atoms with Gasteiger partial charge in [0.1, 0.15) is 0 Å². The molecule has 2 aromatic carbocycles. The minimum absolute atomic E-state index is 0.318. The maximum Gasteiger partial charge on any atom is 0.323 e. The topological polar surface area (TPSA) is 116 Å². The number of nitrogens with zero attached hydrogens (tertiary/aromatic N) is 5. The maximum atomic E-state index is 12.4. The molecule has 2 N–H and O–H groups in total. The van der Waals surface area contributed by atoms with E-state index in [1.165, 1.54) is 7.11 Å². The van der Waals surface area contributed by atoms with E-state index in [-0.39, 0.29) is 0 Å². The van der Waals surface area contributed by atoms with Crippen LogP contribution >= 0.6 is 0 Å². The third-order valence-electron chi connectivity index (χ3n) is 4.22. The third kappa shape index (κ3) is 4.93. The van der Waals surface area contributed by atoms with E-state index in [9.17, 15) is 4.79 Å². The number of ether oxygens (including phenoxy) is 2. The van der Waals surface area contributed by atoms with Crippen molar-refractivity contribution in [2.75, 3.05) is 17.7 Å². The second kappa shape index (κ2) is 8.91. The van der Waals surface area contributed by atoms with Gasteiger partial charge in [0.15, 0.2) is 11.5 Å². The Hall–Kier alpha value is -4.47. The van der Waals surface area contributed by atoms with E-state index in [1.807, 2.05) is 19.1 Å². The largest absolute Gasteiger partial charge is 0.493 e. The fourth-order valence-electron chi connectivity index (χ4n) is 2.72. The molecule has 4 aromatic rings. The van der Waals surface area contributed by atoms with Crippen LogP contribution in [0, 0.1) is 6.92 Å². The lowest BCUT2D eigenvalue weighted by Crippen LogP contribution is -2.19. The fraction of sp³-hybridized carbons (Fsp3) is 0.0952. The summed E-state index contributed by atoms with van der Waals surface area (Å²) in [4.78, 5) is 12.4. The highest BCUT2D eigenvalue weighted by molar-refractivity contribution is 6.00. The zero-order valence-electron chi connectivity index (χ0n) is 16.8. The van der Waals surface area contributed by atoms with Gasteiger partial charge in [-0.2, -0.15) is 5.10 Å². The van der Waals surface area contributed by atoms with Crippen LogP contribution in [0.2, 0.25) is 0 Å². The summed E-state index contributed by atoms with van der Waals surface area (Å²) >= 11 is 0. The van der Waals surface area contributed by atoms with Crippen LogP contribution < -0.4 is 20.1 Å². The smallest absolute Gasteiger partial charge is 0.323 e. The summed E-state index contributed by atoms with van der Waals surface area (Å²) in [7, 11) is 1.53. The van der Waals surface area contributed by atoms with Crippen molar-refractivity contribution in [3.05, 3.63) is 72.7 Å². The highest BCUT2D eigenvalue weighted by Crippen LogP contribution is 2.33. The molecule has 0 bridgehead atoms. The Balaban J connectivity index is 1.43. The van der Waals surface area contributed by atoms with E-state index in [0.717, 1.165) is 11.4 Å². The van der Waals surface area contributed by atoms with E-state index in [0.29, 0.717) is 28.8 Å². The summed E-state index contributed by atoms with van der Waals surface area (Å²) in [5.74, 6) is 1.21. The Kier molecular flexibility index (Phi) is 5.70. The first-order chi connectivity index (χ1) is 15.1. The zero-order chi connectivity index (χ0) is 21.6. The lowest BCUT2D eigenvalue weighted by molar-refractivity contribution is 0.262. The molecule has 0 aliphatic rings. The number of hydrogen-bond donors (Lipinski definition) is 2. The number of carbonyl (C=O) groups excluding carboxylic acids is 1. The molecule has 0 fully saturated rings. The predicted octanol–water partition coefficient (Wildman–Crippen LogP) is 3.81. The van der Waals surface area contributed by atoms with Gasteiger partial charge in [0, 0.05) is 23.5 Å². The highest BCUT2D eigenvalue weighted by Gasteiger charge is 2.11. The molecule has 0 aliphatic carbocycles. The molecule has 0 saturated carbocycles. The van der Waals surface area contributed by atoms with Crippen LogP contribution in [0.5, 0.6) is 17.4 Å². The van der Waals surface area contributed by atoms with Crippen molar-refractivity contribution in [3.63, 3.8) is 0 Å². The SMILES string of the molecule is COc1ccc(NC(=O)Nc2ccc(-n3ccnn3)cc2)cc1Oc1ccc(C)nn1. The second-order valence-corrected chi connectivity index (χ2v) is 6.45. The second-order valence-electron chi connectivity index (χ2n) is 6.45. The summed E-state index contributed by atoms with van der Waals surface area (Å²) < 4.78 is 12.7. The lowest BCUT2D eigenvalue weighted by Gasteiger charge is -2.13.